The minimum absolute atomic E-state index is 0.0469. The van der Waals surface area contributed by atoms with Crippen LogP contribution in [0.4, 0.5) is 0 Å². The van der Waals surface area contributed by atoms with Crippen molar-refractivity contribution >= 4 is 32.7 Å². The summed E-state index contributed by atoms with van der Waals surface area (Å²) in [6.07, 6.45) is 1.18. The van der Waals surface area contributed by atoms with Gasteiger partial charge in [0.1, 0.15) is 0 Å². The van der Waals surface area contributed by atoms with E-state index in [0.29, 0.717) is 48.2 Å². The summed E-state index contributed by atoms with van der Waals surface area (Å²) in [6, 6.07) is 15.9. The summed E-state index contributed by atoms with van der Waals surface area (Å²) >= 11 is 0. The van der Waals surface area contributed by atoms with Crippen LogP contribution in [0.2, 0.25) is 0 Å². The maximum atomic E-state index is 13.5. The monoisotopic (exact) mass is 588 g/mol. The van der Waals surface area contributed by atoms with Gasteiger partial charge in [-0.3, -0.25) is 19.3 Å². The zero-order chi connectivity index (χ0) is 29.2. The lowest BCUT2D eigenvalue weighted by atomic mass is 9.95. The van der Waals surface area contributed by atoms with Crippen molar-refractivity contribution in [3.8, 4) is 11.3 Å². The summed E-state index contributed by atoms with van der Waals surface area (Å²) in [5.74, 6) is -0.935. The number of hydrogen-bond acceptors (Lipinski definition) is 7. The quantitative estimate of drug-likeness (QED) is 0.339. The van der Waals surface area contributed by atoms with E-state index in [9.17, 15) is 22.8 Å². The second-order valence-electron chi connectivity index (χ2n) is 10.8. The van der Waals surface area contributed by atoms with Gasteiger partial charge in [0, 0.05) is 50.3 Å². The van der Waals surface area contributed by atoms with Crippen LogP contribution in [0.25, 0.3) is 28.0 Å². The molecule has 216 valence electrons. The van der Waals surface area contributed by atoms with Gasteiger partial charge in [-0.1, -0.05) is 30.3 Å². The Hall–Kier alpha value is -4.49. The van der Waals surface area contributed by atoms with Gasteiger partial charge < -0.3 is 9.32 Å². The molecule has 0 atom stereocenters. The van der Waals surface area contributed by atoms with E-state index in [1.807, 2.05) is 36.4 Å². The van der Waals surface area contributed by atoms with Crippen molar-refractivity contribution in [3.63, 3.8) is 0 Å². The minimum Gasteiger partial charge on any atom is -0.408 e. The molecule has 0 saturated carbocycles. The number of carbonyl (C=O) groups excluding carboxylic acids is 1. The molecule has 0 radical (unpaired) electrons. The van der Waals surface area contributed by atoms with Crippen molar-refractivity contribution in [1.82, 2.24) is 28.4 Å². The molecule has 1 amide bonds. The number of aromatic amines is 1. The second-order valence-corrected chi connectivity index (χ2v) is 12.8. The van der Waals surface area contributed by atoms with Gasteiger partial charge in [-0.15, -0.1) is 0 Å². The number of H-pyrrole nitrogens is 1. The molecule has 0 bridgehead atoms. The number of rotatable bonds is 4. The molecule has 1 fully saturated rings. The summed E-state index contributed by atoms with van der Waals surface area (Å²) in [7, 11) is -2.27. The van der Waals surface area contributed by atoms with Crippen LogP contribution < -0.4 is 11.3 Å². The Morgan fingerprint density at radius 2 is 1.79 bits per heavy atom. The largest absolute Gasteiger partial charge is 0.419 e. The van der Waals surface area contributed by atoms with Crippen LogP contribution in [0.5, 0.6) is 0 Å². The fourth-order valence-electron chi connectivity index (χ4n) is 5.97. The third-order valence-corrected chi connectivity index (χ3v) is 10.3. The number of nitrogens with zero attached hydrogens (tertiary/aromatic N) is 5. The fraction of sp³-hybridized carbons (Fsp3) is 0.310. The lowest BCUT2D eigenvalue weighted by Crippen LogP contribution is -2.46. The zero-order valence-electron chi connectivity index (χ0n) is 22.8. The van der Waals surface area contributed by atoms with E-state index >= 15 is 0 Å². The average Bonchev–Trinajstić information content (AvgIpc) is 3.57. The SMILES string of the molecule is Cn1c(=O)oc2cc(S(=O)(=O)N3CCC(C(=O)N4CCc5c(nc6cc(-c7ccccc7)[nH]n6c5=O)C4)CC3)ccc21. The van der Waals surface area contributed by atoms with Gasteiger partial charge >= 0.3 is 5.76 Å². The van der Waals surface area contributed by atoms with Gasteiger partial charge in [-0.2, -0.15) is 4.31 Å². The molecule has 1 N–H and O–H groups in total. The van der Waals surface area contributed by atoms with Gasteiger partial charge in [-0.05, 0) is 37.0 Å². The number of aryl methyl sites for hydroxylation is 1. The van der Waals surface area contributed by atoms with Crippen LogP contribution >= 0.6 is 0 Å². The molecule has 0 aliphatic carbocycles. The lowest BCUT2D eigenvalue weighted by molar-refractivity contribution is -0.137. The van der Waals surface area contributed by atoms with Crippen LogP contribution in [-0.2, 0) is 34.8 Å². The van der Waals surface area contributed by atoms with Crippen molar-refractivity contribution in [1.29, 1.82) is 0 Å². The molecule has 3 aromatic heterocycles. The van der Waals surface area contributed by atoms with E-state index in [1.165, 1.54) is 25.5 Å². The molecule has 2 aromatic carbocycles. The molecule has 0 unspecified atom stereocenters. The molecule has 13 heteroatoms. The van der Waals surface area contributed by atoms with Crippen LogP contribution in [0.3, 0.4) is 0 Å². The van der Waals surface area contributed by atoms with Crippen molar-refractivity contribution in [3.05, 3.63) is 86.8 Å². The second kappa shape index (κ2) is 9.81. The highest BCUT2D eigenvalue weighted by Crippen LogP contribution is 2.28. The van der Waals surface area contributed by atoms with E-state index in [2.05, 4.69) is 5.10 Å². The van der Waals surface area contributed by atoms with Crippen LogP contribution in [0.15, 0.2) is 73.5 Å². The van der Waals surface area contributed by atoms with Crippen LogP contribution in [0, 0.1) is 5.92 Å². The highest BCUT2D eigenvalue weighted by molar-refractivity contribution is 7.89. The Kier molecular flexibility index (Phi) is 6.17. The van der Waals surface area contributed by atoms with Gasteiger partial charge in [0.05, 0.1) is 28.3 Å². The number of piperidine rings is 1. The molecular weight excluding hydrogens is 560 g/mol. The number of amides is 1. The Morgan fingerprint density at radius 3 is 2.55 bits per heavy atom. The zero-order valence-corrected chi connectivity index (χ0v) is 23.6. The summed E-state index contributed by atoms with van der Waals surface area (Å²) in [5, 5.41) is 3.14. The van der Waals surface area contributed by atoms with Crippen molar-refractivity contribution in [2.24, 2.45) is 13.0 Å². The number of sulfonamides is 1. The number of carbonyl (C=O) groups is 1. The predicted octanol–water partition coefficient (Wildman–Crippen LogP) is 2.12. The van der Waals surface area contributed by atoms with Crippen molar-refractivity contribution in [2.45, 2.75) is 30.7 Å². The van der Waals surface area contributed by atoms with E-state index < -0.39 is 15.8 Å². The molecule has 5 heterocycles. The normalized spacial score (nSPS) is 16.7. The highest BCUT2D eigenvalue weighted by Gasteiger charge is 2.35. The third kappa shape index (κ3) is 4.27. The molecule has 12 nitrogen and oxygen atoms in total. The highest BCUT2D eigenvalue weighted by atomic mass is 32.2. The first-order valence-electron chi connectivity index (χ1n) is 13.8. The predicted molar refractivity (Wildman–Crippen MR) is 153 cm³/mol. The maximum Gasteiger partial charge on any atom is 0.419 e. The van der Waals surface area contributed by atoms with Crippen LogP contribution in [0.1, 0.15) is 24.1 Å². The molecule has 1 saturated heterocycles. The molecule has 7 rings (SSSR count). The number of nitrogens with one attached hydrogen (secondary N) is 1. The molecule has 42 heavy (non-hydrogen) atoms. The number of oxazole rings is 1. The van der Waals surface area contributed by atoms with E-state index in [-0.39, 0.29) is 47.5 Å². The first-order chi connectivity index (χ1) is 20.2. The van der Waals surface area contributed by atoms with Crippen molar-refractivity contribution < 1.29 is 17.6 Å². The number of fused-ring (bicyclic) bond motifs is 3. The van der Waals surface area contributed by atoms with Gasteiger partial charge in [-0.25, -0.2) is 22.7 Å². The molecule has 5 aromatic rings. The molecule has 0 spiro atoms. The number of aromatic nitrogens is 4. The summed E-state index contributed by atoms with van der Waals surface area (Å²) < 4.78 is 36.0. The minimum atomic E-state index is -3.83. The van der Waals surface area contributed by atoms with E-state index in [1.54, 1.807) is 18.0 Å². The standard InChI is InChI=1S/C29H28N6O6S/c1-32-24-8-7-20(15-25(24)41-29(32)38)42(39,40)34-13-9-19(10-14-34)27(36)33-12-11-21-23(17-33)30-26-16-22(31-35(26)28(21)37)18-5-3-2-4-6-18/h2-8,15-16,19,31H,9-14,17H2,1H3. The Balaban J connectivity index is 1.05. The summed E-state index contributed by atoms with van der Waals surface area (Å²) in [6.45, 7) is 1.05. The Bertz CT molecular complexity index is 2080. The van der Waals surface area contributed by atoms with E-state index in [4.69, 9.17) is 9.40 Å². The summed E-state index contributed by atoms with van der Waals surface area (Å²) in [4.78, 5) is 45.1. The maximum absolute atomic E-state index is 13.5. The topological polar surface area (TPSA) is 143 Å². The fourth-order valence-corrected chi connectivity index (χ4v) is 7.46. The van der Waals surface area contributed by atoms with Gasteiger partial charge in [0.15, 0.2) is 11.2 Å². The Labute approximate surface area is 239 Å². The van der Waals surface area contributed by atoms with Crippen LogP contribution in [-0.4, -0.2) is 62.3 Å². The lowest BCUT2D eigenvalue weighted by Gasteiger charge is -2.35. The van der Waals surface area contributed by atoms with E-state index in [0.717, 1.165) is 11.3 Å². The van der Waals surface area contributed by atoms with Crippen molar-refractivity contribution in [2.75, 3.05) is 19.6 Å². The van der Waals surface area contributed by atoms with Gasteiger partial charge in [0.2, 0.25) is 15.9 Å². The third-order valence-electron chi connectivity index (χ3n) is 8.37. The number of benzene rings is 2. The average molecular weight is 589 g/mol. The molecular formula is C29H28N6O6S. The molecule has 2 aliphatic heterocycles. The summed E-state index contributed by atoms with van der Waals surface area (Å²) in [5.41, 5.74) is 3.99. The smallest absolute Gasteiger partial charge is 0.408 e. The first kappa shape index (κ1) is 26.4. The van der Waals surface area contributed by atoms with Gasteiger partial charge in [0.25, 0.3) is 5.56 Å². The Morgan fingerprint density at radius 1 is 1.02 bits per heavy atom. The molecule has 2 aliphatic rings. The number of hydrogen-bond donors (Lipinski definition) is 1. The first-order valence-corrected chi connectivity index (χ1v) is 15.2.